The van der Waals surface area contributed by atoms with Crippen molar-refractivity contribution in [1.29, 1.82) is 0 Å². The predicted octanol–water partition coefficient (Wildman–Crippen LogP) is 2.37. The standard InChI is InChI=1S/C21H29N3O5S/c1-23-18-11-10-17(13-19(18)29-21(23)26)30(27,28)24-12-6-7-15(14-24)20(25)22-16-8-4-2-3-5-9-16/h10-11,13,15-16H,2-9,12,14H2,1H3,(H,22,25)/t15-/m1/s1. The fourth-order valence-corrected chi connectivity index (χ4v) is 6.08. The summed E-state index contributed by atoms with van der Waals surface area (Å²) in [6.07, 6.45) is 8.04. The van der Waals surface area contributed by atoms with Crippen LogP contribution in [0.25, 0.3) is 11.1 Å². The maximum atomic E-state index is 13.2. The van der Waals surface area contributed by atoms with Gasteiger partial charge in [-0.05, 0) is 37.8 Å². The van der Waals surface area contributed by atoms with Gasteiger partial charge in [0.25, 0.3) is 0 Å². The van der Waals surface area contributed by atoms with Gasteiger partial charge in [-0.2, -0.15) is 4.31 Å². The van der Waals surface area contributed by atoms with Crippen molar-refractivity contribution >= 4 is 27.0 Å². The van der Waals surface area contributed by atoms with Gasteiger partial charge < -0.3 is 9.73 Å². The smallest absolute Gasteiger partial charge is 0.408 e. The van der Waals surface area contributed by atoms with Crippen molar-refractivity contribution in [2.45, 2.75) is 62.3 Å². The predicted molar refractivity (Wildman–Crippen MR) is 113 cm³/mol. The van der Waals surface area contributed by atoms with Gasteiger partial charge in [-0.3, -0.25) is 9.36 Å². The van der Waals surface area contributed by atoms with Crippen LogP contribution in [0.2, 0.25) is 0 Å². The van der Waals surface area contributed by atoms with E-state index < -0.39 is 15.8 Å². The molecule has 0 bridgehead atoms. The molecule has 2 heterocycles. The third-order valence-corrected chi connectivity index (χ3v) is 8.22. The van der Waals surface area contributed by atoms with Gasteiger partial charge in [0.05, 0.1) is 16.3 Å². The number of hydrogen-bond acceptors (Lipinski definition) is 5. The van der Waals surface area contributed by atoms with Crippen LogP contribution in [-0.2, 0) is 21.9 Å². The first-order valence-corrected chi connectivity index (χ1v) is 12.2. The first-order valence-electron chi connectivity index (χ1n) is 10.8. The molecule has 1 saturated carbocycles. The number of rotatable bonds is 4. The summed E-state index contributed by atoms with van der Waals surface area (Å²) in [6.45, 7) is 0.560. The Hall–Kier alpha value is -2.13. The lowest BCUT2D eigenvalue weighted by Gasteiger charge is -2.32. The number of carbonyl (C=O) groups is 1. The zero-order valence-corrected chi connectivity index (χ0v) is 18.1. The molecule has 8 nitrogen and oxygen atoms in total. The summed E-state index contributed by atoms with van der Waals surface area (Å²) in [4.78, 5) is 24.6. The van der Waals surface area contributed by atoms with Gasteiger partial charge in [0.1, 0.15) is 0 Å². The molecule has 4 rings (SSSR count). The first-order chi connectivity index (χ1) is 14.4. The van der Waals surface area contributed by atoms with E-state index in [0.29, 0.717) is 24.9 Å². The highest BCUT2D eigenvalue weighted by Gasteiger charge is 2.34. The Morgan fingerprint density at radius 1 is 1.10 bits per heavy atom. The largest absolute Gasteiger partial charge is 0.419 e. The quantitative estimate of drug-likeness (QED) is 0.743. The minimum Gasteiger partial charge on any atom is -0.408 e. The second-order valence-electron chi connectivity index (χ2n) is 8.46. The molecule has 1 aromatic carbocycles. The van der Waals surface area contributed by atoms with Crippen LogP contribution in [0.1, 0.15) is 51.4 Å². The number of nitrogens with zero attached hydrogens (tertiary/aromatic N) is 2. The number of sulfonamides is 1. The summed E-state index contributed by atoms with van der Waals surface area (Å²) >= 11 is 0. The normalized spacial score (nSPS) is 22.1. The number of aromatic nitrogens is 1. The van der Waals surface area contributed by atoms with Crippen LogP contribution < -0.4 is 11.1 Å². The van der Waals surface area contributed by atoms with Crippen molar-refractivity contribution in [3.8, 4) is 0 Å². The lowest BCUT2D eigenvalue weighted by atomic mass is 9.97. The molecule has 2 aliphatic rings. The first kappa shape index (κ1) is 21.1. The Bertz CT molecular complexity index is 1080. The fraction of sp³-hybridized carbons (Fsp3) is 0.619. The Balaban J connectivity index is 1.49. The summed E-state index contributed by atoms with van der Waals surface area (Å²) in [5, 5.41) is 3.16. The van der Waals surface area contributed by atoms with Gasteiger partial charge in [0.15, 0.2) is 5.58 Å². The van der Waals surface area contributed by atoms with Crippen LogP contribution in [0.4, 0.5) is 0 Å². The van der Waals surface area contributed by atoms with E-state index in [-0.39, 0.29) is 34.9 Å². The lowest BCUT2D eigenvalue weighted by Crippen LogP contribution is -2.47. The van der Waals surface area contributed by atoms with Gasteiger partial charge in [-0.1, -0.05) is 25.7 Å². The minimum absolute atomic E-state index is 0.0358. The molecular formula is C21H29N3O5S. The van der Waals surface area contributed by atoms with Crippen molar-refractivity contribution in [3.63, 3.8) is 0 Å². The molecular weight excluding hydrogens is 406 g/mol. The summed E-state index contributed by atoms with van der Waals surface area (Å²) < 4.78 is 34.2. The maximum Gasteiger partial charge on any atom is 0.419 e. The molecule has 30 heavy (non-hydrogen) atoms. The Labute approximate surface area is 176 Å². The van der Waals surface area contributed by atoms with E-state index in [1.807, 2.05) is 0 Å². The third kappa shape index (κ3) is 4.18. The van der Waals surface area contributed by atoms with Gasteiger partial charge in [0.2, 0.25) is 15.9 Å². The van der Waals surface area contributed by atoms with E-state index in [0.717, 1.165) is 25.7 Å². The molecule has 0 spiro atoms. The molecule has 9 heteroatoms. The molecule has 1 N–H and O–H groups in total. The zero-order chi connectivity index (χ0) is 21.3. The van der Waals surface area contributed by atoms with E-state index in [1.54, 1.807) is 13.1 Å². The van der Waals surface area contributed by atoms with E-state index in [1.165, 1.54) is 33.8 Å². The van der Waals surface area contributed by atoms with Crippen LogP contribution >= 0.6 is 0 Å². The van der Waals surface area contributed by atoms with Gasteiger partial charge >= 0.3 is 5.76 Å². The van der Waals surface area contributed by atoms with Gasteiger partial charge in [0, 0.05) is 32.2 Å². The van der Waals surface area contributed by atoms with Crippen LogP contribution in [0.15, 0.2) is 32.3 Å². The van der Waals surface area contributed by atoms with Crippen molar-refractivity contribution in [3.05, 3.63) is 28.7 Å². The van der Waals surface area contributed by atoms with Crippen LogP contribution in [0.3, 0.4) is 0 Å². The number of oxazole rings is 1. The number of hydrogen-bond donors (Lipinski definition) is 1. The van der Waals surface area contributed by atoms with Crippen molar-refractivity contribution in [2.24, 2.45) is 13.0 Å². The second kappa shape index (κ2) is 8.55. The van der Waals surface area contributed by atoms with Gasteiger partial charge in [-0.15, -0.1) is 0 Å². The number of piperidine rings is 1. The SMILES string of the molecule is Cn1c(=O)oc2cc(S(=O)(=O)N3CCC[C@@H](C(=O)NC4CCCCCC4)C3)ccc21. The lowest BCUT2D eigenvalue weighted by molar-refractivity contribution is -0.126. The Morgan fingerprint density at radius 3 is 2.57 bits per heavy atom. The molecule has 1 aliphatic heterocycles. The summed E-state index contributed by atoms with van der Waals surface area (Å²) in [6, 6.07) is 4.66. The summed E-state index contributed by atoms with van der Waals surface area (Å²) in [5.74, 6) is -0.908. The molecule has 1 saturated heterocycles. The molecule has 1 atom stereocenters. The molecule has 0 radical (unpaired) electrons. The van der Waals surface area contributed by atoms with Crippen LogP contribution in [0, 0.1) is 5.92 Å². The van der Waals surface area contributed by atoms with E-state index in [4.69, 9.17) is 4.42 Å². The number of fused-ring (bicyclic) bond motifs is 1. The number of aryl methyl sites for hydroxylation is 1. The van der Waals surface area contributed by atoms with Crippen LogP contribution in [0.5, 0.6) is 0 Å². The highest BCUT2D eigenvalue weighted by atomic mass is 32.2. The Morgan fingerprint density at radius 2 is 1.83 bits per heavy atom. The molecule has 0 unspecified atom stereocenters. The monoisotopic (exact) mass is 435 g/mol. The van der Waals surface area contributed by atoms with Crippen LogP contribution in [-0.4, -0.2) is 42.3 Å². The number of nitrogens with one attached hydrogen (secondary N) is 1. The second-order valence-corrected chi connectivity index (χ2v) is 10.4. The van der Waals surface area contributed by atoms with Crippen molar-refractivity contribution in [1.82, 2.24) is 14.2 Å². The average molecular weight is 436 g/mol. The maximum absolute atomic E-state index is 13.2. The van der Waals surface area contributed by atoms with E-state index in [2.05, 4.69) is 5.32 Å². The fourth-order valence-electron chi connectivity index (χ4n) is 4.54. The molecule has 1 amide bonds. The molecule has 1 aromatic heterocycles. The highest BCUT2D eigenvalue weighted by molar-refractivity contribution is 7.89. The molecule has 164 valence electrons. The molecule has 1 aliphatic carbocycles. The Kier molecular flexibility index (Phi) is 6.02. The molecule has 2 fully saturated rings. The molecule has 2 aromatic rings. The van der Waals surface area contributed by atoms with E-state index in [9.17, 15) is 18.0 Å². The topological polar surface area (TPSA) is 102 Å². The average Bonchev–Trinajstić information content (AvgIpc) is 2.90. The van der Waals surface area contributed by atoms with Gasteiger partial charge in [-0.25, -0.2) is 13.2 Å². The van der Waals surface area contributed by atoms with E-state index >= 15 is 0 Å². The summed E-state index contributed by atoms with van der Waals surface area (Å²) in [7, 11) is -2.21. The van der Waals surface area contributed by atoms with Crippen molar-refractivity contribution < 1.29 is 17.6 Å². The number of amides is 1. The van der Waals surface area contributed by atoms with Crippen molar-refractivity contribution in [2.75, 3.05) is 13.1 Å². The summed E-state index contributed by atoms with van der Waals surface area (Å²) in [5.41, 5.74) is 0.779. The zero-order valence-electron chi connectivity index (χ0n) is 17.3. The third-order valence-electron chi connectivity index (χ3n) is 6.36. The number of carbonyl (C=O) groups excluding carboxylic acids is 1. The number of benzene rings is 1. The minimum atomic E-state index is -3.78. The highest BCUT2D eigenvalue weighted by Crippen LogP contribution is 2.26.